The van der Waals surface area contributed by atoms with Crippen molar-refractivity contribution in [3.63, 3.8) is 0 Å². The van der Waals surface area contributed by atoms with E-state index in [0.29, 0.717) is 0 Å². The van der Waals surface area contributed by atoms with E-state index in [4.69, 9.17) is 0 Å². The number of aromatic nitrogens is 1. The van der Waals surface area contributed by atoms with Crippen molar-refractivity contribution in [1.29, 1.82) is 0 Å². The molecule has 0 aromatic carbocycles. The topological polar surface area (TPSA) is 12.9 Å². The summed E-state index contributed by atoms with van der Waals surface area (Å²) in [6.07, 6.45) is 9.59. The van der Waals surface area contributed by atoms with Gasteiger partial charge in [-0.3, -0.25) is 0 Å². The largest absolute Gasteiger partial charge is 0.247 e. The number of rotatable bonds is 10. The lowest BCUT2D eigenvalue weighted by atomic mass is 10.1. The van der Waals surface area contributed by atoms with Crippen molar-refractivity contribution in [2.45, 2.75) is 63.8 Å². The molecule has 0 aliphatic carbocycles. The first-order chi connectivity index (χ1) is 9.22. The maximum absolute atomic E-state index is 4.56. The van der Waals surface area contributed by atoms with Crippen LogP contribution in [0.25, 0.3) is 0 Å². The number of nitrogens with zero attached hydrogens (tertiary/aromatic N) is 1. The van der Waals surface area contributed by atoms with Crippen molar-refractivity contribution < 1.29 is 0 Å². The van der Waals surface area contributed by atoms with Gasteiger partial charge in [-0.05, 0) is 50.1 Å². The molecule has 0 aliphatic rings. The van der Waals surface area contributed by atoms with Gasteiger partial charge in [0.15, 0.2) is 0 Å². The summed E-state index contributed by atoms with van der Waals surface area (Å²) in [6.45, 7) is 4.22. The monoisotopic (exact) mass is 343 g/mol. The molecule has 1 aromatic heterocycles. The zero-order valence-corrected chi connectivity index (χ0v) is 14.7. The Balaban J connectivity index is 2.01. The van der Waals surface area contributed by atoms with Crippen LogP contribution in [-0.2, 0) is 0 Å². The number of hydrogen-bond acceptors (Lipinski definition) is 2. The first-order valence-corrected chi connectivity index (χ1v) is 9.47. The van der Waals surface area contributed by atoms with Crippen LogP contribution in [0.15, 0.2) is 17.2 Å². The van der Waals surface area contributed by atoms with Gasteiger partial charge in [0.2, 0.25) is 0 Å². The normalized spacial score (nSPS) is 10.9. The van der Waals surface area contributed by atoms with E-state index in [9.17, 15) is 0 Å². The Morgan fingerprint density at radius 2 is 1.58 bits per heavy atom. The predicted octanol–water partition coefficient (Wildman–Crippen LogP) is 5.92. The summed E-state index contributed by atoms with van der Waals surface area (Å²) >= 11 is 5.38. The molecule has 3 heteroatoms. The van der Waals surface area contributed by atoms with Crippen LogP contribution >= 0.6 is 27.7 Å². The van der Waals surface area contributed by atoms with Crippen molar-refractivity contribution >= 4 is 27.7 Å². The Kier molecular flexibility index (Phi) is 9.62. The Morgan fingerprint density at radius 1 is 0.947 bits per heavy atom. The zero-order valence-electron chi connectivity index (χ0n) is 12.3. The maximum atomic E-state index is 4.56. The lowest BCUT2D eigenvalue weighted by molar-refractivity contribution is 0.606. The number of pyridine rings is 1. The molecule has 0 saturated carbocycles. The first-order valence-electron chi connectivity index (χ1n) is 7.36. The van der Waals surface area contributed by atoms with Crippen molar-refractivity contribution in [2.24, 2.45) is 0 Å². The minimum absolute atomic E-state index is 1.13. The maximum Gasteiger partial charge on any atom is 0.0965 e. The molecule has 0 atom stereocenters. The van der Waals surface area contributed by atoms with Crippen molar-refractivity contribution in [3.8, 4) is 0 Å². The molecule has 1 aromatic rings. The molecule has 1 nitrogen and oxygen atoms in total. The van der Waals surface area contributed by atoms with Gasteiger partial charge in [0.1, 0.15) is 0 Å². The lowest BCUT2D eigenvalue weighted by Gasteiger charge is -2.04. The first kappa shape index (κ1) is 17.0. The Hall–Kier alpha value is -0.0200. The molecule has 0 radical (unpaired) electrons. The van der Waals surface area contributed by atoms with Gasteiger partial charge >= 0.3 is 0 Å². The van der Waals surface area contributed by atoms with Crippen molar-refractivity contribution in [2.75, 3.05) is 11.1 Å². The van der Waals surface area contributed by atoms with Gasteiger partial charge in [0.05, 0.1) is 5.03 Å². The van der Waals surface area contributed by atoms with E-state index in [1.807, 2.05) is 11.8 Å². The summed E-state index contributed by atoms with van der Waals surface area (Å²) in [5.74, 6) is 1.21. The van der Waals surface area contributed by atoms with E-state index in [0.717, 1.165) is 11.0 Å². The fraction of sp³-hybridized carbons (Fsp3) is 0.688. The van der Waals surface area contributed by atoms with Crippen LogP contribution in [0.5, 0.6) is 0 Å². The summed E-state index contributed by atoms with van der Waals surface area (Å²) in [5, 5.41) is 2.35. The molecule has 1 rings (SSSR count). The van der Waals surface area contributed by atoms with Crippen LogP contribution in [0.2, 0.25) is 0 Å². The van der Waals surface area contributed by atoms with E-state index in [1.165, 1.54) is 61.3 Å². The third-order valence-corrected chi connectivity index (χ3v) is 4.66. The van der Waals surface area contributed by atoms with Crippen LogP contribution in [0.3, 0.4) is 0 Å². The van der Waals surface area contributed by atoms with Crippen LogP contribution < -0.4 is 0 Å². The second kappa shape index (κ2) is 10.7. The van der Waals surface area contributed by atoms with Crippen LogP contribution in [0, 0.1) is 13.8 Å². The van der Waals surface area contributed by atoms with E-state index in [1.54, 1.807) is 0 Å². The molecule has 108 valence electrons. The van der Waals surface area contributed by atoms with Gasteiger partial charge in [0.25, 0.3) is 0 Å². The van der Waals surface area contributed by atoms with Gasteiger partial charge in [-0.25, -0.2) is 4.98 Å². The number of halogens is 1. The molecule has 0 saturated heterocycles. The smallest absolute Gasteiger partial charge is 0.0965 e. The summed E-state index contributed by atoms with van der Waals surface area (Å²) in [6, 6.07) is 4.33. The molecular weight excluding hydrogens is 318 g/mol. The van der Waals surface area contributed by atoms with Crippen LogP contribution in [0.4, 0.5) is 0 Å². The minimum Gasteiger partial charge on any atom is -0.247 e. The summed E-state index contributed by atoms with van der Waals surface area (Å²) in [7, 11) is 0. The average Bonchev–Trinajstić information content (AvgIpc) is 2.36. The van der Waals surface area contributed by atoms with Crippen molar-refractivity contribution in [1.82, 2.24) is 4.98 Å². The second-order valence-electron chi connectivity index (χ2n) is 5.14. The predicted molar refractivity (Wildman–Crippen MR) is 90.5 cm³/mol. The fourth-order valence-electron chi connectivity index (χ4n) is 2.14. The van der Waals surface area contributed by atoms with Gasteiger partial charge < -0.3 is 0 Å². The van der Waals surface area contributed by atoms with E-state index < -0.39 is 0 Å². The van der Waals surface area contributed by atoms with E-state index in [2.05, 4.69) is 46.9 Å². The van der Waals surface area contributed by atoms with Crippen LogP contribution in [0.1, 0.15) is 56.2 Å². The lowest BCUT2D eigenvalue weighted by Crippen LogP contribution is -1.89. The fourth-order valence-corrected chi connectivity index (χ4v) is 3.57. The Morgan fingerprint density at radius 3 is 2.21 bits per heavy atom. The van der Waals surface area contributed by atoms with Gasteiger partial charge in [0, 0.05) is 11.0 Å². The minimum atomic E-state index is 1.13. The summed E-state index contributed by atoms with van der Waals surface area (Å²) in [4.78, 5) is 4.56. The summed E-state index contributed by atoms with van der Waals surface area (Å²) < 4.78 is 0. The van der Waals surface area contributed by atoms with E-state index in [-0.39, 0.29) is 0 Å². The molecule has 0 unspecified atom stereocenters. The number of hydrogen-bond donors (Lipinski definition) is 0. The van der Waals surface area contributed by atoms with E-state index >= 15 is 0 Å². The van der Waals surface area contributed by atoms with Crippen LogP contribution in [-0.4, -0.2) is 16.1 Å². The number of alkyl halides is 1. The molecule has 1 heterocycles. The number of aryl methyl sites for hydroxylation is 2. The Labute approximate surface area is 131 Å². The number of unbranched alkanes of at least 4 members (excludes halogenated alkanes) is 6. The highest BCUT2D eigenvalue weighted by Gasteiger charge is 1.98. The molecule has 0 spiro atoms. The standard InChI is InChI=1S/C16H26BrNS/c1-14-12-15(2)18-16(13-14)19-11-9-7-5-3-4-6-8-10-17/h12-13H,3-11H2,1-2H3. The molecule has 0 aliphatic heterocycles. The number of thioether (sulfide) groups is 1. The zero-order chi connectivity index (χ0) is 13.9. The van der Waals surface area contributed by atoms with Gasteiger partial charge in [-0.15, -0.1) is 11.8 Å². The third kappa shape index (κ3) is 8.69. The third-order valence-electron chi connectivity index (χ3n) is 3.10. The summed E-state index contributed by atoms with van der Waals surface area (Å²) in [5.41, 5.74) is 2.45. The quantitative estimate of drug-likeness (QED) is 0.297. The molecule has 0 amide bonds. The van der Waals surface area contributed by atoms with Gasteiger partial charge in [-0.2, -0.15) is 0 Å². The molecule has 0 N–H and O–H groups in total. The molecule has 0 bridgehead atoms. The molecule has 19 heavy (non-hydrogen) atoms. The second-order valence-corrected chi connectivity index (χ2v) is 7.04. The molecule has 0 fully saturated rings. The highest BCUT2D eigenvalue weighted by molar-refractivity contribution is 9.09. The average molecular weight is 344 g/mol. The van der Waals surface area contributed by atoms with Crippen molar-refractivity contribution in [3.05, 3.63) is 23.4 Å². The SMILES string of the molecule is Cc1cc(C)nc(SCCCCCCCCCBr)c1. The van der Waals surface area contributed by atoms with Gasteiger partial charge in [-0.1, -0.05) is 48.0 Å². The highest BCUT2D eigenvalue weighted by Crippen LogP contribution is 2.19. The molecular formula is C16H26BrNS. The Bertz CT molecular complexity index is 334. The highest BCUT2D eigenvalue weighted by atomic mass is 79.9.